The number of hydrogen-bond acceptors (Lipinski definition) is 8. The van der Waals surface area contributed by atoms with Gasteiger partial charge in [-0.05, 0) is 30.3 Å². The molecule has 1 fully saturated rings. The fraction of sp³-hybridized carbons (Fsp3) is 0.316. The maximum atomic E-state index is 12.5. The van der Waals surface area contributed by atoms with Crippen LogP contribution < -0.4 is 10.3 Å². The molecule has 10 heteroatoms. The molecule has 3 heterocycles. The molecular formula is C19H20N6O4. The van der Waals surface area contributed by atoms with Crippen LogP contribution in [0.25, 0.3) is 11.4 Å². The topological polar surface area (TPSA) is 117 Å². The number of benzene rings is 1. The largest absolute Gasteiger partial charge is 0.497 e. The lowest BCUT2D eigenvalue weighted by atomic mass is 10.2. The minimum atomic E-state index is -0.333. The zero-order valence-corrected chi connectivity index (χ0v) is 15.9. The lowest BCUT2D eigenvalue weighted by Crippen LogP contribution is -2.48. The summed E-state index contributed by atoms with van der Waals surface area (Å²) in [5, 5.41) is 10.1. The molecule has 1 N–H and O–H groups in total. The van der Waals surface area contributed by atoms with Crippen LogP contribution in [0.1, 0.15) is 16.4 Å². The second-order valence-corrected chi connectivity index (χ2v) is 6.62. The highest BCUT2D eigenvalue weighted by molar-refractivity contribution is 5.92. The number of hydrogen-bond donors (Lipinski definition) is 1. The Morgan fingerprint density at radius 1 is 1.14 bits per heavy atom. The lowest BCUT2D eigenvalue weighted by Gasteiger charge is -2.33. The van der Waals surface area contributed by atoms with Gasteiger partial charge in [-0.2, -0.15) is 10.1 Å². The number of piperazine rings is 1. The quantitative estimate of drug-likeness (QED) is 0.673. The number of H-pyrrole nitrogens is 1. The second kappa shape index (κ2) is 8.23. The number of aromatic amines is 1. The Bertz CT molecular complexity index is 1020. The summed E-state index contributed by atoms with van der Waals surface area (Å²) in [6, 6.07) is 10.2. The van der Waals surface area contributed by atoms with E-state index in [-0.39, 0.29) is 17.2 Å². The van der Waals surface area contributed by atoms with Crippen molar-refractivity contribution in [1.82, 2.24) is 30.1 Å². The van der Waals surface area contributed by atoms with Gasteiger partial charge in [0.25, 0.3) is 11.5 Å². The number of carbonyl (C=O) groups excluding carboxylic acids is 1. The molecule has 10 nitrogen and oxygen atoms in total. The third-order valence-corrected chi connectivity index (χ3v) is 4.73. The van der Waals surface area contributed by atoms with E-state index < -0.39 is 0 Å². The van der Waals surface area contributed by atoms with E-state index in [4.69, 9.17) is 9.26 Å². The maximum absolute atomic E-state index is 12.5. The van der Waals surface area contributed by atoms with E-state index >= 15 is 0 Å². The van der Waals surface area contributed by atoms with Crippen molar-refractivity contribution in [3.8, 4) is 17.1 Å². The standard InChI is InChI=1S/C19H20N6O4/c1-28-14-4-2-13(3-5-14)18-20-17(29-23-18)12-24-8-10-25(11-9-24)19(27)15-6-7-16(26)22-21-15/h2-7H,8-12H2,1H3,(H,22,26). The fourth-order valence-corrected chi connectivity index (χ4v) is 3.10. The average Bonchev–Trinajstić information content (AvgIpc) is 3.23. The van der Waals surface area contributed by atoms with Gasteiger partial charge in [0.15, 0.2) is 0 Å². The Hall–Kier alpha value is -3.53. The summed E-state index contributed by atoms with van der Waals surface area (Å²) in [6.45, 7) is 2.98. The summed E-state index contributed by atoms with van der Waals surface area (Å²) < 4.78 is 10.5. The van der Waals surface area contributed by atoms with Gasteiger partial charge in [-0.15, -0.1) is 0 Å². The molecule has 0 aliphatic carbocycles. The van der Waals surface area contributed by atoms with E-state index in [0.29, 0.717) is 44.4 Å². The van der Waals surface area contributed by atoms with Crippen molar-refractivity contribution in [2.45, 2.75) is 6.54 Å². The van der Waals surface area contributed by atoms with Crippen LogP contribution in [-0.2, 0) is 6.54 Å². The second-order valence-electron chi connectivity index (χ2n) is 6.62. The molecule has 29 heavy (non-hydrogen) atoms. The van der Waals surface area contributed by atoms with Crippen molar-refractivity contribution < 1.29 is 14.1 Å². The number of ether oxygens (including phenoxy) is 1. The molecule has 0 spiro atoms. The van der Waals surface area contributed by atoms with Gasteiger partial charge < -0.3 is 14.2 Å². The van der Waals surface area contributed by atoms with E-state index in [2.05, 4.69) is 25.2 Å². The molecule has 1 aromatic carbocycles. The van der Waals surface area contributed by atoms with Crippen LogP contribution >= 0.6 is 0 Å². The summed E-state index contributed by atoms with van der Waals surface area (Å²) in [7, 11) is 1.62. The minimum absolute atomic E-state index is 0.194. The van der Waals surface area contributed by atoms with Gasteiger partial charge in [0.1, 0.15) is 11.4 Å². The highest BCUT2D eigenvalue weighted by atomic mass is 16.5. The summed E-state index contributed by atoms with van der Waals surface area (Å²) in [5.41, 5.74) is 0.753. The monoisotopic (exact) mass is 396 g/mol. The van der Waals surface area contributed by atoms with E-state index in [0.717, 1.165) is 11.3 Å². The fourth-order valence-electron chi connectivity index (χ4n) is 3.10. The van der Waals surface area contributed by atoms with E-state index in [1.165, 1.54) is 12.1 Å². The van der Waals surface area contributed by atoms with Crippen molar-refractivity contribution in [1.29, 1.82) is 0 Å². The smallest absolute Gasteiger partial charge is 0.274 e. The lowest BCUT2D eigenvalue weighted by molar-refractivity contribution is 0.0608. The Morgan fingerprint density at radius 2 is 1.90 bits per heavy atom. The number of nitrogens with one attached hydrogen (secondary N) is 1. The maximum Gasteiger partial charge on any atom is 0.274 e. The molecule has 0 bridgehead atoms. The summed E-state index contributed by atoms with van der Waals surface area (Å²) >= 11 is 0. The Kier molecular flexibility index (Phi) is 5.34. The van der Waals surface area contributed by atoms with Crippen molar-refractivity contribution >= 4 is 5.91 Å². The van der Waals surface area contributed by atoms with Crippen LogP contribution in [0.3, 0.4) is 0 Å². The zero-order chi connectivity index (χ0) is 20.2. The Morgan fingerprint density at radius 3 is 2.55 bits per heavy atom. The van der Waals surface area contributed by atoms with Crippen molar-refractivity contribution in [2.75, 3.05) is 33.3 Å². The predicted molar refractivity (Wildman–Crippen MR) is 102 cm³/mol. The van der Waals surface area contributed by atoms with Crippen LogP contribution in [0.15, 0.2) is 45.7 Å². The number of amides is 1. The molecule has 2 aromatic heterocycles. The van der Waals surface area contributed by atoms with Gasteiger partial charge >= 0.3 is 0 Å². The molecule has 1 amide bonds. The van der Waals surface area contributed by atoms with Gasteiger partial charge in [-0.3, -0.25) is 14.5 Å². The Labute approximate surface area is 166 Å². The third kappa shape index (κ3) is 4.32. The van der Waals surface area contributed by atoms with Crippen LogP contribution in [0, 0.1) is 0 Å². The third-order valence-electron chi connectivity index (χ3n) is 4.73. The van der Waals surface area contributed by atoms with Crippen LogP contribution in [-0.4, -0.2) is 69.3 Å². The molecule has 150 valence electrons. The number of aromatic nitrogens is 4. The molecule has 3 aromatic rings. The number of methoxy groups -OCH3 is 1. The van der Waals surface area contributed by atoms with E-state index in [1.54, 1.807) is 12.0 Å². The van der Waals surface area contributed by atoms with E-state index in [1.807, 2.05) is 24.3 Å². The highest BCUT2D eigenvalue weighted by Gasteiger charge is 2.24. The predicted octanol–water partition coefficient (Wildman–Crippen LogP) is 0.786. The van der Waals surface area contributed by atoms with Gasteiger partial charge in [-0.25, -0.2) is 5.10 Å². The SMILES string of the molecule is COc1ccc(-c2noc(CN3CCN(C(=O)c4ccc(=O)[nH]n4)CC3)n2)cc1. The number of nitrogens with zero attached hydrogens (tertiary/aromatic N) is 5. The molecule has 0 saturated carbocycles. The molecular weight excluding hydrogens is 376 g/mol. The molecule has 1 aliphatic rings. The van der Waals surface area contributed by atoms with E-state index in [9.17, 15) is 9.59 Å². The van der Waals surface area contributed by atoms with Gasteiger partial charge in [0.2, 0.25) is 11.7 Å². The van der Waals surface area contributed by atoms with Crippen LogP contribution in [0.5, 0.6) is 5.75 Å². The van der Waals surface area contributed by atoms with Crippen LogP contribution in [0.4, 0.5) is 0 Å². The average molecular weight is 396 g/mol. The van der Waals surface area contributed by atoms with Gasteiger partial charge in [0, 0.05) is 37.8 Å². The Balaban J connectivity index is 1.33. The first-order valence-corrected chi connectivity index (χ1v) is 9.17. The van der Waals surface area contributed by atoms with Crippen molar-refractivity contribution in [2.24, 2.45) is 0 Å². The zero-order valence-electron chi connectivity index (χ0n) is 15.9. The summed E-state index contributed by atoms with van der Waals surface area (Å²) in [5.74, 6) is 1.63. The molecule has 1 saturated heterocycles. The number of rotatable bonds is 5. The van der Waals surface area contributed by atoms with Crippen molar-refractivity contribution in [3.63, 3.8) is 0 Å². The highest BCUT2D eigenvalue weighted by Crippen LogP contribution is 2.20. The molecule has 4 rings (SSSR count). The summed E-state index contributed by atoms with van der Waals surface area (Å²) in [6.07, 6.45) is 0. The first-order valence-electron chi connectivity index (χ1n) is 9.17. The van der Waals surface area contributed by atoms with Gasteiger partial charge in [-0.1, -0.05) is 5.16 Å². The normalized spacial score (nSPS) is 14.7. The number of carbonyl (C=O) groups is 1. The first-order chi connectivity index (χ1) is 14.1. The minimum Gasteiger partial charge on any atom is -0.497 e. The van der Waals surface area contributed by atoms with Crippen LogP contribution in [0.2, 0.25) is 0 Å². The first kappa shape index (κ1) is 18.8. The molecule has 1 aliphatic heterocycles. The van der Waals surface area contributed by atoms with Crippen molar-refractivity contribution in [3.05, 3.63) is 58.3 Å². The van der Waals surface area contributed by atoms with Gasteiger partial charge in [0.05, 0.1) is 13.7 Å². The molecule has 0 radical (unpaired) electrons. The molecule has 0 unspecified atom stereocenters. The summed E-state index contributed by atoms with van der Waals surface area (Å²) in [4.78, 5) is 31.9. The molecule has 0 atom stereocenters.